The fourth-order valence-corrected chi connectivity index (χ4v) is 3.43. The van der Waals surface area contributed by atoms with Gasteiger partial charge in [-0.1, -0.05) is 39.8 Å². The van der Waals surface area contributed by atoms with Gasteiger partial charge in [0.2, 0.25) is 11.1 Å². The summed E-state index contributed by atoms with van der Waals surface area (Å²) in [5, 5.41) is 8.64. The molecule has 2 aromatic heterocycles. The number of carbonyl (C=O) groups excluding carboxylic acids is 1. The summed E-state index contributed by atoms with van der Waals surface area (Å²) in [7, 11) is 1.78. The smallest absolute Gasteiger partial charge is 0.233 e. The number of aromatic nitrogens is 3. The molecule has 136 valence electrons. The number of amides is 1. The van der Waals surface area contributed by atoms with Gasteiger partial charge in [0.1, 0.15) is 5.76 Å². The van der Waals surface area contributed by atoms with Gasteiger partial charge in [-0.2, -0.15) is 0 Å². The van der Waals surface area contributed by atoms with Crippen LogP contribution in [0.4, 0.5) is 0 Å². The summed E-state index contributed by atoms with van der Waals surface area (Å²) < 4.78 is 7.66. The molecule has 1 amide bonds. The molecule has 3 aromatic rings. The van der Waals surface area contributed by atoms with Gasteiger partial charge in [0.25, 0.3) is 0 Å². The largest absolute Gasteiger partial charge is 0.469 e. The van der Waals surface area contributed by atoms with Crippen LogP contribution >= 0.6 is 27.7 Å². The van der Waals surface area contributed by atoms with E-state index < -0.39 is 0 Å². The van der Waals surface area contributed by atoms with E-state index in [1.54, 1.807) is 24.3 Å². The summed E-state index contributed by atoms with van der Waals surface area (Å²) in [4.78, 5) is 14.0. The second-order valence-corrected chi connectivity index (χ2v) is 7.59. The average Bonchev–Trinajstić information content (AvgIpc) is 3.20. The lowest BCUT2D eigenvalue weighted by Gasteiger charge is -2.17. The SMILES string of the molecule is Cc1occc1-c1nnc(SCC(=O)N(C)Cc2ccc(Br)cc2)n1N. The van der Waals surface area contributed by atoms with Crippen molar-refractivity contribution in [2.24, 2.45) is 0 Å². The van der Waals surface area contributed by atoms with Gasteiger partial charge in [-0.05, 0) is 30.7 Å². The van der Waals surface area contributed by atoms with Crippen LogP contribution in [-0.4, -0.2) is 38.5 Å². The average molecular weight is 436 g/mol. The molecule has 2 N–H and O–H groups in total. The second-order valence-electron chi connectivity index (χ2n) is 5.73. The zero-order valence-electron chi connectivity index (χ0n) is 14.3. The van der Waals surface area contributed by atoms with Gasteiger partial charge in [0.05, 0.1) is 17.6 Å². The lowest BCUT2D eigenvalue weighted by Crippen LogP contribution is -2.28. The summed E-state index contributed by atoms with van der Waals surface area (Å²) in [6, 6.07) is 9.67. The quantitative estimate of drug-likeness (QED) is 0.472. The first-order valence-corrected chi connectivity index (χ1v) is 9.59. The van der Waals surface area contributed by atoms with Crippen LogP contribution in [0, 0.1) is 6.92 Å². The molecule has 0 aliphatic rings. The maximum absolute atomic E-state index is 12.4. The van der Waals surface area contributed by atoms with Crippen LogP contribution in [-0.2, 0) is 11.3 Å². The predicted octanol–water partition coefficient (Wildman–Crippen LogP) is 3.07. The van der Waals surface area contributed by atoms with Crippen LogP contribution in [0.25, 0.3) is 11.4 Å². The topological polar surface area (TPSA) is 90.2 Å². The van der Waals surface area contributed by atoms with E-state index in [-0.39, 0.29) is 11.7 Å². The highest BCUT2D eigenvalue weighted by Gasteiger charge is 2.17. The zero-order valence-corrected chi connectivity index (χ0v) is 16.7. The molecular formula is C17H18BrN5O2S. The summed E-state index contributed by atoms with van der Waals surface area (Å²) in [5.41, 5.74) is 1.85. The van der Waals surface area contributed by atoms with E-state index in [1.807, 2.05) is 31.2 Å². The number of benzene rings is 1. The molecule has 3 rings (SSSR count). The van der Waals surface area contributed by atoms with Crippen molar-refractivity contribution in [1.29, 1.82) is 0 Å². The van der Waals surface area contributed by atoms with Gasteiger partial charge >= 0.3 is 0 Å². The number of rotatable bonds is 6. The molecular weight excluding hydrogens is 418 g/mol. The van der Waals surface area contributed by atoms with Crippen LogP contribution in [0.2, 0.25) is 0 Å². The van der Waals surface area contributed by atoms with E-state index in [0.717, 1.165) is 15.6 Å². The Bertz CT molecular complexity index is 906. The molecule has 0 aliphatic carbocycles. The highest BCUT2D eigenvalue weighted by atomic mass is 79.9. The molecule has 0 spiro atoms. The number of halogens is 1. The van der Waals surface area contributed by atoms with Crippen molar-refractivity contribution in [2.45, 2.75) is 18.6 Å². The molecule has 0 radical (unpaired) electrons. The summed E-state index contributed by atoms with van der Waals surface area (Å²) in [6.45, 7) is 2.37. The third kappa shape index (κ3) is 4.10. The number of nitrogen functional groups attached to an aromatic ring is 1. The first-order valence-electron chi connectivity index (χ1n) is 7.82. The Kier molecular flexibility index (Phi) is 5.67. The molecule has 0 saturated carbocycles. The van der Waals surface area contributed by atoms with Gasteiger partial charge in [-0.15, -0.1) is 10.2 Å². The molecule has 26 heavy (non-hydrogen) atoms. The second kappa shape index (κ2) is 7.96. The number of thioether (sulfide) groups is 1. The normalized spacial score (nSPS) is 10.9. The summed E-state index contributed by atoms with van der Waals surface area (Å²) >= 11 is 4.66. The third-order valence-corrected chi connectivity index (χ3v) is 5.30. The molecule has 0 saturated heterocycles. The Balaban J connectivity index is 1.60. The number of furan rings is 1. The highest BCUT2D eigenvalue weighted by Crippen LogP contribution is 2.25. The van der Waals surface area contributed by atoms with Crippen molar-refractivity contribution in [3.05, 3.63) is 52.4 Å². The van der Waals surface area contributed by atoms with Crippen molar-refractivity contribution in [3.63, 3.8) is 0 Å². The zero-order chi connectivity index (χ0) is 18.7. The Labute approximate surface area is 163 Å². The van der Waals surface area contributed by atoms with Gasteiger partial charge in [0, 0.05) is 18.1 Å². The maximum Gasteiger partial charge on any atom is 0.233 e. The van der Waals surface area contributed by atoms with E-state index in [9.17, 15) is 4.79 Å². The molecule has 0 unspecified atom stereocenters. The van der Waals surface area contributed by atoms with Crippen LogP contribution in [0.15, 0.2) is 50.6 Å². The number of aryl methyl sites for hydroxylation is 1. The first kappa shape index (κ1) is 18.5. The maximum atomic E-state index is 12.4. The van der Waals surface area contributed by atoms with E-state index >= 15 is 0 Å². The number of hydrogen-bond donors (Lipinski definition) is 1. The molecule has 0 fully saturated rings. The van der Waals surface area contributed by atoms with Gasteiger partial charge in [-0.25, -0.2) is 4.68 Å². The number of carbonyl (C=O) groups is 1. The lowest BCUT2D eigenvalue weighted by molar-refractivity contribution is -0.127. The van der Waals surface area contributed by atoms with Gasteiger partial charge < -0.3 is 15.2 Å². The Morgan fingerprint density at radius 2 is 2.04 bits per heavy atom. The molecule has 7 nitrogen and oxygen atoms in total. The highest BCUT2D eigenvalue weighted by molar-refractivity contribution is 9.10. The predicted molar refractivity (Wildman–Crippen MR) is 104 cm³/mol. The minimum absolute atomic E-state index is 0.0121. The van der Waals surface area contributed by atoms with Crippen LogP contribution in [0.3, 0.4) is 0 Å². The minimum atomic E-state index is -0.0121. The number of hydrogen-bond acceptors (Lipinski definition) is 6. The Morgan fingerprint density at radius 1 is 1.31 bits per heavy atom. The lowest BCUT2D eigenvalue weighted by atomic mass is 10.2. The fraction of sp³-hybridized carbons (Fsp3) is 0.235. The van der Waals surface area contributed by atoms with Crippen molar-refractivity contribution >= 4 is 33.6 Å². The van der Waals surface area contributed by atoms with Crippen LogP contribution in [0.1, 0.15) is 11.3 Å². The van der Waals surface area contributed by atoms with Crippen LogP contribution in [0.5, 0.6) is 0 Å². The molecule has 0 bridgehead atoms. The molecule has 2 heterocycles. The standard InChI is InChI=1S/C17H18BrN5O2S/c1-11-14(7-8-25-11)16-20-21-17(23(16)19)26-10-15(24)22(2)9-12-3-5-13(18)6-4-12/h3-8H,9-10,19H2,1-2H3. The van der Waals surface area contributed by atoms with Crippen molar-refractivity contribution in [3.8, 4) is 11.4 Å². The molecule has 9 heteroatoms. The van der Waals surface area contributed by atoms with Crippen molar-refractivity contribution < 1.29 is 9.21 Å². The van der Waals surface area contributed by atoms with Gasteiger partial charge in [0.15, 0.2) is 5.82 Å². The minimum Gasteiger partial charge on any atom is -0.469 e. The van der Waals surface area contributed by atoms with Gasteiger partial charge in [-0.3, -0.25) is 4.79 Å². The fourth-order valence-electron chi connectivity index (χ4n) is 2.36. The van der Waals surface area contributed by atoms with E-state index in [4.69, 9.17) is 10.3 Å². The molecule has 0 atom stereocenters. The molecule has 1 aromatic carbocycles. The third-order valence-electron chi connectivity index (χ3n) is 3.85. The van der Waals surface area contributed by atoms with Crippen molar-refractivity contribution in [2.75, 3.05) is 18.6 Å². The summed E-state index contributed by atoms with van der Waals surface area (Å²) in [5.74, 6) is 7.50. The Hall–Kier alpha value is -2.26. The Morgan fingerprint density at radius 3 is 2.69 bits per heavy atom. The van der Waals surface area contributed by atoms with E-state index in [2.05, 4.69) is 26.1 Å². The van der Waals surface area contributed by atoms with Crippen LogP contribution < -0.4 is 5.84 Å². The van der Waals surface area contributed by atoms with Crippen molar-refractivity contribution in [1.82, 2.24) is 19.8 Å². The molecule has 0 aliphatic heterocycles. The first-order chi connectivity index (χ1) is 12.5. The number of nitrogens with two attached hydrogens (primary N) is 1. The summed E-state index contributed by atoms with van der Waals surface area (Å²) in [6.07, 6.45) is 1.58. The van der Waals surface area contributed by atoms with E-state index in [1.165, 1.54) is 16.4 Å². The monoisotopic (exact) mass is 435 g/mol. The number of nitrogens with zero attached hydrogens (tertiary/aromatic N) is 4. The van der Waals surface area contributed by atoms with E-state index in [0.29, 0.717) is 23.3 Å².